The summed E-state index contributed by atoms with van der Waals surface area (Å²) in [6.07, 6.45) is 0. The van der Waals surface area contributed by atoms with Gasteiger partial charge in [-0.15, -0.1) is 0 Å². The molecule has 0 aliphatic carbocycles. The largest absolute Gasteiger partial charge is 0.329 e. The number of para-hydroxylation sites is 2. The van der Waals surface area contributed by atoms with Gasteiger partial charge < -0.3 is 9.88 Å². The smallest absolute Gasteiger partial charge is 0.131 e. The number of nitrogens with zero attached hydrogens (tertiary/aromatic N) is 3. The van der Waals surface area contributed by atoms with Gasteiger partial charge >= 0.3 is 0 Å². The van der Waals surface area contributed by atoms with Gasteiger partial charge in [0.1, 0.15) is 11.6 Å². The Labute approximate surface area is 140 Å². The van der Waals surface area contributed by atoms with E-state index in [0.29, 0.717) is 0 Å². The second-order valence-electron chi connectivity index (χ2n) is 6.26. The number of aryl methyl sites for hydroxylation is 1. The average molecular weight is 324 g/mol. The molecule has 1 aliphatic heterocycles. The maximum atomic E-state index is 13.4. The Hall–Kier alpha value is -2.24. The first-order chi connectivity index (χ1) is 11.7. The minimum absolute atomic E-state index is 0.0325. The van der Waals surface area contributed by atoms with E-state index in [0.717, 1.165) is 48.6 Å². The van der Waals surface area contributed by atoms with Crippen LogP contribution in [0.2, 0.25) is 0 Å². The van der Waals surface area contributed by atoms with E-state index in [-0.39, 0.29) is 11.9 Å². The molecule has 0 saturated carbocycles. The van der Waals surface area contributed by atoms with Crippen LogP contribution in [0.4, 0.5) is 4.39 Å². The summed E-state index contributed by atoms with van der Waals surface area (Å²) in [6, 6.07) is 15.0. The van der Waals surface area contributed by atoms with Crippen LogP contribution in [0.1, 0.15) is 17.4 Å². The van der Waals surface area contributed by atoms with E-state index in [1.54, 1.807) is 0 Å². The normalized spacial score (nSPS) is 17.2. The zero-order valence-corrected chi connectivity index (χ0v) is 13.7. The molecule has 0 spiro atoms. The fourth-order valence-corrected chi connectivity index (χ4v) is 3.52. The van der Waals surface area contributed by atoms with E-state index in [4.69, 9.17) is 4.98 Å². The quantitative estimate of drug-likeness (QED) is 0.804. The molecular formula is C19H21FN4. The van der Waals surface area contributed by atoms with Crippen molar-refractivity contribution in [3.05, 3.63) is 65.7 Å². The first-order valence-corrected chi connectivity index (χ1v) is 8.35. The number of fused-ring (bicyclic) bond motifs is 1. The molecule has 1 N–H and O–H groups in total. The lowest BCUT2D eigenvalue weighted by molar-refractivity contribution is 0.190. The number of aromatic nitrogens is 2. The van der Waals surface area contributed by atoms with E-state index in [1.165, 1.54) is 12.1 Å². The van der Waals surface area contributed by atoms with Gasteiger partial charge in [-0.2, -0.15) is 0 Å². The predicted molar refractivity (Wildman–Crippen MR) is 93.4 cm³/mol. The molecule has 1 unspecified atom stereocenters. The molecule has 1 atom stereocenters. The highest BCUT2D eigenvalue weighted by molar-refractivity contribution is 5.76. The molecule has 4 nitrogen and oxygen atoms in total. The van der Waals surface area contributed by atoms with Crippen molar-refractivity contribution in [2.24, 2.45) is 7.05 Å². The molecule has 2 aromatic carbocycles. The predicted octanol–water partition coefficient (Wildman–Crippen LogP) is 2.71. The molecular weight excluding hydrogens is 303 g/mol. The Balaban J connectivity index is 1.84. The van der Waals surface area contributed by atoms with Crippen molar-refractivity contribution in [1.82, 2.24) is 19.8 Å². The van der Waals surface area contributed by atoms with Crippen LogP contribution in [0, 0.1) is 5.82 Å². The Bertz CT molecular complexity index is 834. The van der Waals surface area contributed by atoms with Gasteiger partial charge in [0, 0.05) is 33.2 Å². The van der Waals surface area contributed by atoms with Crippen LogP contribution >= 0.6 is 0 Å². The van der Waals surface area contributed by atoms with Crippen LogP contribution < -0.4 is 5.32 Å². The third-order valence-electron chi connectivity index (χ3n) is 4.77. The second-order valence-corrected chi connectivity index (χ2v) is 6.26. The Morgan fingerprint density at radius 2 is 1.75 bits per heavy atom. The molecule has 124 valence electrons. The lowest BCUT2D eigenvalue weighted by atomic mass is 10.0. The maximum absolute atomic E-state index is 13.4. The van der Waals surface area contributed by atoms with Gasteiger partial charge in [0.15, 0.2) is 0 Å². The number of hydrogen-bond donors (Lipinski definition) is 1. The molecule has 1 aliphatic rings. The molecule has 4 rings (SSSR count). The SMILES string of the molecule is Cn1c(C(c2ccc(F)cc2)N2CCNCC2)nc2ccccc21. The van der Waals surface area contributed by atoms with Gasteiger partial charge in [-0.05, 0) is 29.8 Å². The summed E-state index contributed by atoms with van der Waals surface area (Å²) in [5, 5.41) is 3.39. The fourth-order valence-electron chi connectivity index (χ4n) is 3.52. The average Bonchev–Trinajstić information content (AvgIpc) is 2.95. The Kier molecular flexibility index (Phi) is 4.04. The minimum atomic E-state index is -0.206. The number of piperazine rings is 1. The highest BCUT2D eigenvalue weighted by atomic mass is 19.1. The molecule has 0 amide bonds. The minimum Gasteiger partial charge on any atom is -0.329 e. The van der Waals surface area contributed by atoms with E-state index in [9.17, 15) is 4.39 Å². The zero-order chi connectivity index (χ0) is 16.5. The van der Waals surface area contributed by atoms with E-state index >= 15 is 0 Å². The van der Waals surface area contributed by atoms with Crippen LogP contribution in [0.3, 0.4) is 0 Å². The first-order valence-electron chi connectivity index (χ1n) is 8.35. The molecule has 1 fully saturated rings. The Morgan fingerprint density at radius 1 is 1.04 bits per heavy atom. The van der Waals surface area contributed by atoms with Crippen LogP contribution in [-0.4, -0.2) is 40.6 Å². The van der Waals surface area contributed by atoms with Gasteiger partial charge in [-0.3, -0.25) is 4.90 Å². The highest BCUT2D eigenvalue weighted by Crippen LogP contribution is 2.30. The van der Waals surface area contributed by atoms with Gasteiger partial charge in [0.05, 0.1) is 17.1 Å². The van der Waals surface area contributed by atoms with Crippen molar-refractivity contribution in [3.8, 4) is 0 Å². The van der Waals surface area contributed by atoms with Crippen LogP contribution in [0.15, 0.2) is 48.5 Å². The summed E-state index contributed by atoms with van der Waals surface area (Å²) in [7, 11) is 2.06. The standard InChI is InChI=1S/C19H21FN4/c1-23-17-5-3-2-4-16(17)22-19(23)18(24-12-10-21-11-13-24)14-6-8-15(20)9-7-14/h2-9,18,21H,10-13H2,1H3. The number of hydrogen-bond acceptors (Lipinski definition) is 3. The molecule has 24 heavy (non-hydrogen) atoms. The maximum Gasteiger partial charge on any atom is 0.131 e. The molecule has 5 heteroatoms. The van der Waals surface area contributed by atoms with Crippen LogP contribution in [0.25, 0.3) is 11.0 Å². The van der Waals surface area contributed by atoms with Crippen molar-refractivity contribution in [2.75, 3.05) is 26.2 Å². The van der Waals surface area contributed by atoms with Crippen molar-refractivity contribution in [2.45, 2.75) is 6.04 Å². The second kappa shape index (κ2) is 6.34. The summed E-state index contributed by atoms with van der Waals surface area (Å²) >= 11 is 0. The molecule has 2 heterocycles. The van der Waals surface area contributed by atoms with Crippen molar-refractivity contribution in [1.29, 1.82) is 0 Å². The first kappa shape index (κ1) is 15.3. The fraction of sp³-hybridized carbons (Fsp3) is 0.316. The molecule has 1 saturated heterocycles. The van der Waals surface area contributed by atoms with Gasteiger partial charge in [-0.1, -0.05) is 24.3 Å². The van der Waals surface area contributed by atoms with Crippen molar-refractivity contribution < 1.29 is 4.39 Å². The van der Waals surface area contributed by atoms with E-state index < -0.39 is 0 Å². The number of halogens is 1. The van der Waals surface area contributed by atoms with Gasteiger partial charge in [-0.25, -0.2) is 9.37 Å². The van der Waals surface area contributed by atoms with Crippen molar-refractivity contribution in [3.63, 3.8) is 0 Å². The summed E-state index contributed by atoms with van der Waals surface area (Å²) in [5.74, 6) is 0.799. The number of rotatable bonds is 3. The Morgan fingerprint density at radius 3 is 2.46 bits per heavy atom. The lowest BCUT2D eigenvalue weighted by Gasteiger charge is -2.34. The third kappa shape index (κ3) is 2.70. The third-order valence-corrected chi connectivity index (χ3v) is 4.77. The monoisotopic (exact) mass is 324 g/mol. The summed E-state index contributed by atoms with van der Waals surface area (Å²) in [6.45, 7) is 3.82. The zero-order valence-electron chi connectivity index (χ0n) is 13.7. The number of benzene rings is 2. The number of imidazole rings is 1. The highest BCUT2D eigenvalue weighted by Gasteiger charge is 2.28. The molecule has 1 aromatic heterocycles. The molecule has 0 radical (unpaired) electrons. The van der Waals surface area contributed by atoms with Crippen LogP contribution in [-0.2, 0) is 7.05 Å². The molecule has 3 aromatic rings. The van der Waals surface area contributed by atoms with E-state index in [2.05, 4.69) is 27.9 Å². The summed E-state index contributed by atoms with van der Waals surface area (Å²) in [4.78, 5) is 7.32. The number of nitrogens with one attached hydrogen (secondary N) is 1. The summed E-state index contributed by atoms with van der Waals surface area (Å²) < 4.78 is 15.6. The summed E-state index contributed by atoms with van der Waals surface area (Å²) in [5.41, 5.74) is 3.20. The van der Waals surface area contributed by atoms with Crippen LogP contribution in [0.5, 0.6) is 0 Å². The van der Waals surface area contributed by atoms with Gasteiger partial charge in [0.2, 0.25) is 0 Å². The molecule has 0 bridgehead atoms. The lowest BCUT2D eigenvalue weighted by Crippen LogP contribution is -2.46. The van der Waals surface area contributed by atoms with E-state index in [1.807, 2.05) is 30.3 Å². The van der Waals surface area contributed by atoms with Gasteiger partial charge in [0.25, 0.3) is 0 Å². The van der Waals surface area contributed by atoms with Crippen molar-refractivity contribution >= 4 is 11.0 Å². The topological polar surface area (TPSA) is 33.1 Å².